The summed E-state index contributed by atoms with van der Waals surface area (Å²) in [5, 5.41) is 6.54. The Morgan fingerprint density at radius 2 is 1.92 bits per heavy atom. The summed E-state index contributed by atoms with van der Waals surface area (Å²) in [6.45, 7) is 5.16. The fourth-order valence-corrected chi connectivity index (χ4v) is 3.26. The third-order valence-electron chi connectivity index (χ3n) is 4.55. The Balaban J connectivity index is 1.44. The first kappa shape index (κ1) is 15.1. The molecule has 6 heteroatoms. The van der Waals surface area contributed by atoms with E-state index in [2.05, 4.69) is 44.2 Å². The van der Waals surface area contributed by atoms with Gasteiger partial charge in [-0.05, 0) is 0 Å². The molecule has 1 aliphatic rings. The van der Waals surface area contributed by atoms with Gasteiger partial charge in [0.1, 0.15) is 0 Å². The minimum atomic E-state index is 0.398. The van der Waals surface area contributed by atoms with Crippen LogP contribution in [0.3, 0.4) is 0 Å². The first-order valence-electron chi connectivity index (χ1n) is 8.28. The lowest BCUT2D eigenvalue weighted by molar-refractivity contribution is 0.241. The van der Waals surface area contributed by atoms with E-state index in [0.717, 1.165) is 44.2 Å². The van der Waals surface area contributed by atoms with Crippen molar-refractivity contribution in [3.63, 3.8) is 0 Å². The molecule has 3 aromatic rings. The van der Waals surface area contributed by atoms with Crippen molar-refractivity contribution in [1.82, 2.24) is 15.0 Å². The molecular formula is C18H21N5O. The second-order valence-electron chi connectivity index (χ2n) is 6.13. The van der Waals surface area contributed by atoms with Crippen molar-refractivity contribution in [3.8, 4) is 0 Å². The van der Waals surface area contributed by atoms with Crippen LogP contribution in [0.25, 0.3) is 10.8 Å². The smallest absolute Gasteiger partial charge is 0.150 e. The van der Waals surface area contributed by atoms with E-state index in [1.54, 1.807) is 0 Å². The van der Waals surface area contributed by atoms with Crippen LogP contribution < -0.4 is 10.6 Å². The fraction of sp³-hybridized carbons (Fsp3) is 0.333. The first-order valence-corrected chi connectivity index (χ1v) is 8.28. The number of nitrogens with zero attached hydrogens (tertiary/aromatic N) is 4. The molecule has 2 N–H and O–H groups in total. The van der Waals surface area contributed by atoms with Gasteiger partial charge in [0.2, 0.25) is 0 Å². The molecule has 1 aliphatic heterocycles. The maximum Gasteiger partial charge on any atom is 0.150 e. The van der Waals surface area contributed by atoms with E-state index in [9.17, 15) is 0 Å². The summed E-state index contributed by atoms with van der Waals surface area (Å²) >= 11 is 0. The monoisotopic (exact) mass is 323 g/mol. The molecule has 6 nitrogen and oxygen atoms in total. The van der Waals surface area contributed by atoms with Crippen LogP contribution in [-0.2, 0) is 13.1 Å². The van der Waals surface area contributed by atoms with Gasteiger partial charge in [-0.1, -0.05) is 29.4 Å². The third-order valence-corrected chi connectivity index (χ3v) is 4.55. The first-order chi connectivity index (χ1) is 11.8. The van der Waals surface area contributed by atoms with Crippen molar-refractivity contribution < 1.29 is 4.52 Å². The zero-order valence-corrected chi connectivity index (χ0v) is 13.6. The Morgan fingerprint density at radius 3 is 2.71 bits per heavy atom. The summed E-state index contributed by atoms with van der Waals surface area (Å²) in [4.78, 5) is 9.21. The van der Waals surface area contributed by atoms with Crippen molar-refractivity contribution >= 4 is 16.5 Å². The van der Waals surface area contributed by atoms with Crippen LogP contribution in [0.5, 0.6) is 0 Å². The van der Waals surface area contributed by atoms with Crippen LogP contribution in [0.1, 0.15) is 11.5 Å². The van der Waals surface area contributed by atoms with Gasteiger partial charge in [-0.3, -0.25) is 9.88 Å². The van der Waals surface area contributed by atoms with Crippen molar-refractivity contribution in [3.05, 3.63) is 54.2 Å². The van der Waals surface area contributed by atoms with E-state index in [1.807, 2.05) is 18.5 Å². The van der Waals surface area contributed by atoms with Gasteiger partial charge in [-0.25, -0.2) is 0 Å². The number of piperazine rings is 1. The van der Waals surface area contributed by atoms with Crippen LogP contribution >= 0.6 is 0 Å². The van der Waals surface area contributed by atoms with E-state index < -0.39 is 0 Å². The molecule has 0 spiro atoms. The standard InChI is InChI=1S/C18H21N5O/c19-10-16-9-15(21-24-16)13-22-5-7-23(8-6-22)18-12-20-11-14-3-1-2-4-17(14)18/h1-4,9,11-12H,5-8,10,13,19H2. The maximum absolute atomic E-state index is 5.56. The Hall–Kier alpha value is -2.44. The highest BCUT2D eigenvalue weighted by molar-refractivity contribution is 5.93. The van der Waals surface area contributed by atoms with Crippen LogP contribution in [-0.4, -0.2) is 41.2 Å². The van der Waals surface area contributed by atoms with Crippen LogP contribution in [0, 0.1) is 0 Å². The normalized spacial score (nSPS) is 16.0. The average Bonchev–Trinajstić information content (AvgIpc) is 3.09. The second-order valence-corrected chi connectivity index (χ2v) is 6.13. The molecule has 4 rings (SSSR count). The Morgan fingerprint density at radius 1 is 1.08 bits per heavy atom. The molecule has 0 saturated carbocycles. The molecule has 0 amide bonds. The minimum Gasteiger partial charge on any atom is -0.367 e. The number of aromatic nitrogens is 2. The molecule has 0 radical (unpaired) electrons. The molecule has 1 aromatic carbocycles. The molecule has 1 fully saturated rings. The third kappa shape index (κ3) is 2.98. The van der Waals surface area contributed by atoms with Gasteiger partial charge >= 0.3 is 0 Å². The summed E-state index contributed by atoms with van der Waals surface area (Å²) in [7, 11) is 0. The lowest BCUT2D eigenvalue weighted by Gasteiger charge is -2.36. The van der Waals surface area contributed by atoms with Crippen LogP contribution in [0.15, 0.2) is 47.2 Å². The highest BCUT2D eigenvalue weighted by Crippen LogP contribution is 2.26. The van der Waals surface area contributed by atoms with Gasteiger partial charge in [0, 0.05) is 55.8 Å². The number of rotatable bonds is 4. The summed E-state index contributed by atoms with van der Waals surface area (Å²) in [5.41, 5.74) is 7.74. The topological polar surface area (TPSA) is 71.4 Å². The fourth-order valence-electron chi connectivity index (χ4n) is 3.26. The predicted octanol–water partition coefficient (Wildman–Crippen LogP) is 2.00. The molecule has 124 valence electrons. The molecule has 3 heterocycles. The number of anilines is 1. The summed E-state index contributed by atoms with van der Waals surface area (Å²) in [6, 6.07) is 10.4. The van der Waals surface area contributed by atoms with E-state index >= 15 is 0 Å². The second kappa shape index (κ2) is 6.59. The largest absolute Gasteiger partial charge is 0.367 e. The van der Waals surface area contributed by atoms with Gasteiger partial charge < -0.3 is 15.2 Å². The molecule has 0 unspecified atom stereocenters. The number of pyridine rings is 1. The van der Waals surface area contributed by atoms with Crippen molar-refractivity contribution in [1.29, 1.82) is 0 Å². The molecule has 0 atom stereocenters. The quantitative estimate of drug-likeness (QED) is 0.792. The van der Waals surface area contributed by atoms with Gasteiger partial charge in [0.15, 0.2) is 5.76 Å². The van der Waals surface area contributed by atoms with Gasteiger partial charge in [-0.2, -0.15) is 0 Å². The zero-order chi connectivity index (χ0) is 16.4. The highest BCUT2D eigenvalue weighted by atomic mass is 16.5. The zero-order valence-electron chi connectivity index (χ0n) is 13.6. The lowest BCUT2D eigenvalue weighted by Crippen LogP contribution is -2.46. The van der Waals surface area contributed by atoms with E-state index in [0.29, 0.717) is 6.54 Å². The lowest BCUT2D eigenvalue weighted by atomic mass is 10.1. The number of nitrogens with two attached hydrogens (primary N) is 1. The van der Waals surface area contributed by atoms with Gasteiger partial charge in [0.25, 0.3) is 0 Å². The van der Waals surface area contributed by atoms with Crippen LogP contribution in [0.2, 0.25) is 0 Å². The summed E-state index contributed by atoms with van der Waals surface area (Å²) in [5.74, 6) is 0.741. The van der Waals surface area contributed by atoms with E-state index in [1.165, 1.54) is 16.5 Å². The molecule has 24 heavy (non-hydrogen) atoms. The Kier molecular flexibility index (Phi) is 4.15. The Labute approximate surface area is 140 Å². The number of benzene rings is 1. The maximum atomic E-state index is 5.56. The number of fused-ring (bicyclic) bond motifs is 1. The Bertz CT molecular complexity index is 818. The average molecular weight is 323 g/mol. The number of hydrogen-bond acceptors (Lipinski definition) is 6. The van der Waals surface area contributed by atoms with Gasteiger partial charge in [-0.15, -0.1) is 0 Å². The predicted molar refractivity (Wildman–Crippen MR) is 93.6 cm³/mol. The van der Waals surface area contributed by atoms with E-state index in [4.69, 9.17) is 10.3 Å². The molecular weight excluding hydrogens is 302 g/mol. The molecule has 0 bridgehead atoms. The molecule has 1 saturated heterocycles. The van der Waals surface area contributed by atoms with Crippen molar-refractivity contribution in [2.24, 2.45) is 5.73 Å². The minimum absolute atomic E-state index is 0.398. The van der Waals surface area contributed by atoms with Crippen molar-refractivity contribution in [2.75, 3.05) is 31.1 Å². The SMILES string of the molecule is NCc1cc(CN2CCN(c3cncc4ccccc34)CC2)no1. The number of hydrogen-bond donors (Lipinski definition) is 1. The van der Waals surface area contributed by atoms with Crippen LogP contribution in [0.4, 0.5) is 5.69 Å². The van der Waals surface area contributed by atoms with Crippen molar-refractivity contribution in [2.45, 2.75) is 13.1 Å². The molecule has 0 aliphatic carbocycles. The summed E-state index contributed by atoms with van der Waals surface area (Å²) < 4.78 is 5.17. The van der Waals surface area contributed by atoms with E-state index in [-0.39, 0.29) is 0 Å². The summed E-state index contributed by atoms with van der Waals surface area (Å²) in [6.07, 6.45) is 3.90. The highest BCUT2D eigenvalue weighted by Gasteiger charge is 2.20. The van der Waals surface area contributed by atoms with Gasteiger partial charge in [0.05, 0.1) is 24.1 Å². The molecule has 2 aromatic heterocycles.